The Labute approximate surface area is 134 Å². The topological polar surface area (TPSA) is 36.9 Å². The molecule has 2 rings (SSSR count). The minimum Gasteiger partial charge on any atom is -0.385 e. The second-order valence-corrected chi connectivity index (χ2v) is 5.73. The maximum Gasteiger partial charge on any atom is 0.194 e. The molecule has 4 heteroatoms. The zero-order chi connectivity index (χ0) is 15.6. The van der Waals surface area contributed by atoms with Crippen LogP contribution < -0.4 is 5.32 Å². The molecule has 0 fully saturated rings. The lowest BCUT2D eigenvalue weighted by atomic mass is 10.0. The van der Waals surface area contributed by atoms with Crippen LogP contribution in [0.4, 0.5) is 0 Å². The second kappa shape index (κ2) is 9.46. The average molecular weight is 303 g/mol. The number of nitrogens with one attached hydrogen (secondary N) is 1. The normalized spacial score (nSPS) is 14.8. The van der Waals surface area contributed by atoms with Gasteiger partial charge < -0.3 is 15.0 Å². The van der Waals surface area contributed by atoms with E-state index in [9.17, 15) is 0 Å². The van der Waals surface area contributed by atoms with Crippen molar-refractivity contribution in [3.8, 4) is 0 Å². The monoisotopic (exact) mass is 303 g/mol. The standard InChI is InChI=1S/C18H29N3O/c1-3-19-18(20-12-7-4-8-14-22-2)21-13-11-16-9-5-6-10-17(16)15-21/h5-6,9-10H,3-4,7-8,11-15H2,1-2H3,(H,19,20). The quantitative estimate of drug-likeness (QED) is 0.478. The highest BCUT2D eigenvalue weighted by Gasteiger charge is 2.18. The summed E-state index contributed by atoms with van der Waals surface area (Å²) < 4.78 is 5.08. The fourth-order valence-electron chi connectivity index (χ4n) is 2.82. The van der Waals surface area contributed by atoms with E-state index in [0.29, 0.717) is 0 Å². The van der Waals surface area contributed by atoms with Gasteiger partial charge in [-0.1, -0.05) is 24.3 Å². The number of fused-ring (bicyclic) bond motifs is 1. The first-order valence-corrected chi connectivity index (χ1v) is 8.44. The zero-order valence-electron chi connectivity index (χ0n) is 14.0. The van der Waals surface area contributed by atoms with E-state index >= 15 is 0 Å². The Kier molecular flexibility index (Phi) is 7.23. The summed E-state index contributed by atoms with van der Waals surface area (Å²) in [6.07, 6.45) is 4.54. The number of benzene rings is 1. The Bertz CT molecular complexity index is 473. The molecule has 22 heavy (non-hydrogen) atoms. The van der Waals surface area contributed by atoms with Crippen LogP contribution in [0.25, 0.3) is 0 Å². The van der Waals surface area contributed by atoms with Crippen molar-refractivity contribution >= 4 is 5.96 Å². The van der Waals surface area contributed by atoms with Crippen LogP contribution in [-0.4, -0.2) is 44.2 Å². The summed E-state index contributed by atoms with van der Waals surface area (Å²) in [6, 6.07) is 8.73. The van der Waals surface area contributed by atoms with Gasteiger partial charge in [-0.25, -0.2) is 0 Å². The molecule has 0 bridgehead atoms. The van der Waals surface area contributed by atoms with Gasteiger partial charge in [0.2, 0.25) is 0 Å². The molecule has 1 aromatic carbocycles. The van der Waals surface area contributed by atoms with Crippen molar-refractivity contribution in [3.05, 3.63) is 35.4 Å². The molecule has 1 aliphatic heterocycles. The predicted molar refractivity (Wildman–Crippen MR) is 92.3 cm³/mol. The Morgan fingerprint density at radius 1 is 1.23 bits per heavy atom. The van der Waals surface area contributed by atoms with Crippen molar-refractivity contribution in [2.75, 3.05) is 33.4 Å². The van der Waals surface area contributed by atoms with Gasteiger partial charge in [-0.2, -0.15) is 0 Å². The number of aliphatic imine (C=N–C) groups is 1. The Hall–Kier alpha value is -1.55. The van der Waals surface area contributed by atoms with Crippen molar-refractivity contribution < 1.29 is 4.74 Å². The molecule has 1 aliphatic rings. The minimum atomic E-state index is 0.854. The molecular formula is C18H29N3O. The van der Waals surface area contributed by atoms with Crippen LogP contribution in [0.1, 0.15) is 37.3 Å². The third-order valence-corrected chi connectivity index (χ3v) is 4.03. The van der Waals surface area contributed by atoms with Crippen LogP contribution >= 0.6 is 0 Å². The molecule has 0 unspecified atom stereocenters. The summed E-state index contributed by atoms with van der Waals surface area (Å²) in [7, 11) is 1.76. The van der Waals surface area contributed by atoms with E-state index in [-0.39, 0.29) is 0 Å². The lowest BCUT2D eigenvalue weighted by Crippen LogP contribution is -2.44. The zero-order valence-corrected chi connectivity index (χ0v) is 14.0. The van der Waals surface area contributed by atoms with Gasteiger partial charge in [0, 0.05) is 39.9 Å². The van der Waals surface area contributed by atoms with E-state index in [1.54, 1.807) is 7.11 Å². The Morgan fingerprint density at radius 2 is 2.05 bits per heavy atom. The molecule has 0 aliphatic carbocycles. The first kappa shape index (κ1) is 16.8. The van der Waals surface area contributed by atoms with Crippen molar-refractivity contribution in [1.29, 1.82) is 0 Å². The molecule has 1 aromatic rings. The molecule has 0 amide bonds. The van der Waals surface area contributed by atoms with Crippen molar-refractivity contribution in [1.82, 2.24) is 10.2 Å². The number of rotatable bonds is 7. The van der Waals surface area contributed by atoms with Crippen molar-refractivity contribution in [2.24, 2.45) is 4.99 Å². The fraction of sp³-hybridized carbons (Fsp3) is 0.611. The van der Waals surface area contributed by atoms with E-state index in [0.717, 1.165) is 58.0 Å². The maximum atomic E-state index is 5.08. The summed E-state index contributed by atoms with van der Waals surface area (Å²) in [4.78, 5) is 7.17. The summed E-state index contributed by atoms with van der Waals surface area (Å²) in [5.74, 6) is 1.06. The van der Waals surface area contributed by atoms with E-state index < -0.39 is 0 Å². The number of hydrogen-bond acceptors (Lipinski definition) is 2. The predicted octanol–water partition coefficient (Wildman–Crippen LogP) is 2.83. The highest BCUT2D eigenvalue weighted by Crippen LogP contribution is 2.18. The largest absolute Gasteiger partial charge is 0.385 e. The van der Waals surface area contributed by atoms with Crippen LogP contribution in [-0.2, 0) is 17.7 Å². The smallest absolute Gasteiger partial charge is 0.194 e. The van der Waals surface area contributed by atoms with E-state index in [1.165, 1.54) is 17.5 Å². The molecule has 0 aromatic heterocycles. The highest BCUT2D eigenvalue weighted by molar-refractivity contribution is 5.80. The minimum absolute atomic E-state index is 0.854. The summed E-state index contributed by atoms with van der Waals surface area (Å²) in [5.41, 5.74) is 2.91. The van der Waals surface area contributed by atoms with Crippen LogP contribution in [0.5, 0.6) is 0 Å². The molecule has 0 saturated carbocycles. The van der Waals surface area contributed by atoms with Crippen molar-refractivity contribution in [2.45, 2.75) is 39.2 Å². The van der Waals surface area contributed by atoms with Gasteiger partial charge in [0.1, 0.15) is 0 Å². The number of methoxy groups -OCH3 is 1. The average Bonchev–Trinajstić information content (AvgIpc) is 2.56. The van der Waals surface area contributed by atoms with Crippen LogP contribution in [0.2, 0.25) is 0 Å². The molecule has 1 N–H and O–H groups in total. The first-order valence-electron chi connectivity index (χ1n) is 8.44. The number of unbranched alkanes of at least 4 members (excludes halogenated alkanes) is 2. The van der Waals surface area contributed by atoms with Crippen LogP contribution in [0, 0.1) is 0 Å². The van der Waals surface area contributed by atoms with Gasteiger partial charge in [0.25, 0.3) is 0 Å². The molecular weight excluding hydrogens is 274 g/mol. The third kappa shape index (κ3) is 5.02. The lowest BCUT2D eigenvalue weighted by Gasteiger charge is -2.31. The SMILES string of the molecule is CCNC(=NCCCCCOC)N1CCc2ccccc2C1. The summed E-state index contributed by atoms with van der Waals surface area (Å²) in [6.45, 7) is 6.81. The number of guanidine groups is 1. The Morgan fingerprint density at radius 3 is 2.82 bits per heavy atom. The van der Waals surface area contributed by atoms with Gasteiger partial charge in [-0.15, -0.1) is 0 Å². The molecule has 0 saturated heterocycles. The molecule has 0 atom stereocenters. The van der Waals surface area contributed by atoms with Gasteiger partial charge >= 0.3 is 0 Å². The molecule has 0 radical (unpaired) electrons. The van der Waals surface area contributed by atoms with Crippen LogP contribution in [0.3, 0.4) is 0 Å². The van der Waals surface area contributed by atoms with Gasteiger partial charge in [0.15, 0.2) is 5.96 Å². The van der Waals surface area contributed by atoms with E-state index in [4.69, 9.17) is 9.73 Å². The molecule has 4 nitrogen and oxygen atoms in total. The number of nitrogens with zero attached hydrogens (tertiary/aromatic N) is 2. The molecule has 1 heterocycles. The maximum absolute atomic E-state index is 5.08. The van der Waals surface area contributed by atoms with E-state index in [2.05, 4.69) is 41.4 Å². The summed E-state index contributed by atoms with van der Waals surface area (Å²) in [5, 5.41) is 3.44. The molecule has 122 valence electrons. The van der Waals surface area contributed by atoms with Gasteiger partial charge in [-0.3, -0.25) is 4.99 Å². The third-order valence-electron chi connectivity index (χ3n) is 4.03. The van der Waals surface area contributed by atoms with E-state index in [1.807, 2.05) is 0 Å². The molecule has 0 spiro atoms. The van der Waals surface area contributed by atoms with Gasteiger partial charge in [0.05, 0.1) is 0 Å². The number of hydrogen-bond donors (Lipinski definition) is 1. The first-order chi connectivity index (χ1) is 10.8. The highest BCUT2D eigenvalue weighted by atomic mass is 16.5. The van der Waals surface area contributed by atoms with Gasteiger partial charge in [-0.05, 0) is 43.7 Å². The lowest BCUT2D eigenvalue weighted by molar-refractivity contribution is 0.192. The second-order valence-electron chi connectivity index (χ2n) is 5.73. The van der Waals surface area contributed by atoms with Crippen LogP contribution in [0.15, 0.2) is 29.3 Å². The van der Waals surface area contributed by atoms with Crippen molar-refractivity contribution in [3.63, 3.8) is 0 Å². The fourth-order valence-corrected chi connectivity index (χ4v) is 2.82. The Balaban J connectivity index is 1.88. The summed E-state index contributed by atoms with van der Waals surface area (Å²) >= 11 is 0. The number of ether oxygens (including phenoxy) is 1.